The number of aliphatic hydroxyl groups is 2. The molecule has 0 saturated carbocycles. The van der Waals surface area contributed by atoms with Gasteiger partial charge >= 0.3 is 5.97 Å². The van der Waals surface area contributed by atoms with Crippen LogP contribution in [-0.4, -0.2) is 60.3 Å². The van der Waals surface area contributed by atoms with E-state index >= 15 is 0 Å². The molecule has 3 rings (SSSR count). The zero-order valence-electron chi connectivity index (χ0n) is 39.6. The number of allylic oxidation sites excluding steroid dienone is 12. The SMILES string of the molecule is C.C=C1OC(C/C(C)=C/CC/C(C)=C/CC2C(C)C(=O)C(OC)=C(OC)C2OC(C)=O)CC1C.CC.CC(C)=CCC/C(C)=C/CC/C(C)=C/CC1C(O)C=C(O)C(=O)C1C. The van der Waals surface area contributed by atoms with Crippen molar-refractivity contribution in [2.75, 3.05) is 14.2 Å². The number of hydrogen-bond donors (Lipinski definition) is 2. The van der Waals surface area contributed by atoms with Gasteiger partial charge in [-0.3, -0.25) is 14.4 Å². The maximum absolute atomic E-state index is 12.8. The molecular weight excluding hydrogens is 769 g/mol. The highest BCUT2D eigenvalue weighted by molar-refractivity contribution is 5.97. The maximum atomic E-state index is 12.8. The summed E-state index contributed by atoms with van der Waals surface area (Å²) >= 11 is 0. The Morgan fingerprint density at radius 3 is 1.74 bits per heavy atom. The van der Waals surface area contributed by atoms with Gasteiger partial charge in [-0.2, -0.15) is 0 Å². The van der Waals surface area contributed by atoms with E-state index in [2.05, 4.69) is 85.4 Å². The maximum Gasteiger partial charge on any atom is 0.303 e. The van der Waals surface area contributed by atoms with Crippen molar-refractivity contribution in [3.05, 3.63) is 93.9 Å². The van der Waals surface area contributed by atoms with Crippen LogP contribution >= 0.6 is 0 Å². The van der Waals surface area contributed by atoms with Gasteiger partial charge in [0.25, 0.3) is 0 Å². The van der Waals surface area contributed by atoms with E-state index in [0.717, 1.165) is 57.1 Å². The monoisotopic (exact) mass is 853 g/mol. The van der Waals surface area contributed by atoms with E-state index in [1.165, 1.54) is 55.1 Å². The summed E-state index contributed by atoms with van der Waals surface area (Å²) in [5.74, 6) is -0.405. The van der Waals surface area contributed by atoms with Crippen molar-refractivity contribution in [1.29, 1.82) is 0 Å². The molecule has 9 heteroatoms. The van der Waals surface area contributed by atoms with Gasteiger partial charge in [0.05, 0.1) is 26.1 Å². The van der Waals surface area contributed by atoms with Crippen LogP contribution in [0.1, 0.15) is 155 Å². The summed E-state index contributed by atoms with van der Waals surface area (Å²) in [4.78, 5) is 36.4. The fourth-order valence-corrected chi connectivity index (χ4v) is 7.73. The van der Waals surface area contributed by atoms with E-state index in [9.17, 15) is 24.6 Å². The Balaban J connectivity index is 0.00000116. The molecule has 346 valence electrons. The number of methoxy groups -OCH3 is 2. The molecule has 0 radical (unpaired) electrons. The Morgan fingerprint density at radius 1 is 0.770 bits per heavy atom. The molecule has 1 fully saturated rings. The van der Waals surface area contributed by atoms with E-state index in [1.54, 1.807) is 6.92 Å². The van der Waals surface area contributed by atoms with Gasteiger partial charge in [0, 0.05) is 42.9 Å². The van der Waals surface area contributed by atoms with Crippen LogP contribution in [0.5, 0.6) is 0 Å². The van der Waals surface area contributed by atoms with Crippen molar-refractivity contribution < 1.29 is 43.5 Å². The molecule has 1 aliphatic heterocycles. The number of carbonyl (C=O) groups is 3. The van der Waals surface area contributed by atoms with Crippen LogP contribution in [-0.2, 0) is 33.3 Å². The van der Waals surface area contributed by atoms with Crippen LogP contribution in [0.3, 0.4) is 0 Å². The van der Waals surface area contributed by atoms with Gasteiger partial charge in [-0.05, 0) is 105 Å². The second kappa shape index (κ2) is 29.2. The lowest BCUT2D eigenvalue weighted by Crippen LogP contribution is -2.42. The number of carbonyl (C=O) groups excluding carboxylic acids is 3. The van der Waals surface area contributed by atoms with Crippen molar-refractivity contribution in [1.82, 2.24) is 0 Å². The summed E-state index contributed by atoms with van der Waals surface area (Å²) in [6.45, 7) is 27.9. The minimum atomic E-state index is -0.756. The highest BCUT2D eigenvalue weighted by Gasteiger charge is 2.45. The Labute approximate surface area is 370 Å². The highest BCUT2D eigenvalue weighted by atomic mass is 16.6. The normalized spacial score (nSPS) is 25.8. The van der Waals surface area contributed by atoms with Gasteiger partial charge in [0.2, 0.25) is 11.5 Å². The second-order valence-corrected chi connectivity index (χ2v) is 16.9. The third-order valence-corrected chi connectivity index (χ3v) is 11.6. The largest absolute Gasteiger partial charge is 0.505 e. The van der Waals surface area contributed by atoms with E-state index in [1.807, 2.05) is 20.8 Å². The van der Waals surface area contributed by atoms with Gasteiger partial charge < -0.3 is 29.2 Å². The molecule has 9 nitrogen and oxygen atoms in total. The Bertz CT molecular complexity index is 1650. The molecule has 2 N–H and O–H groups in total. The first-order chi connectivity index (χ1) is 28.3. The molecule has 2 aliphatic carbocycles. The molecule has 3 aliphatic rings. The van der Waals surface area contributed by atoms with Crippen LogP contribution in [0, 0.1) is 29.6 Å². The lowest BCUT2D eigenvalue weighted by atomic mass is 9.77. The minimum absolute atomic E-state index is 0. The second-order valence-electron chi connectivity index (χ2n) is 16.9. The molecule has 0 bridgehead atoms. The molecule has 0 aromatic heterocycles. The van der Waals surface area contributed by atoms with Crippen LogP contribution < -0.4 is 0 Å². The first kappa shape index (κ1) is 56.9. The highest BCUT2D eigenvalue weighted by Crippen LogP contribution is 2.38. The number of esters is 1. The summed E-state index contributed by atoms with van der Waals surface area (Å²) in [7, 11) is 2.90. The molecule has 1 heterocycles. The molecule has 1 saturated heterocycles. The van der Waals surface area contributed by atoms with Crippen molar-refractivity contribution in [2.45, 2.75) is 173 Å². The van der Waals surface area contributed by atoms with Gasteiger partial charge in [0.15, 0.2) is 23.4 Å². The third kappa shape index (κ3) is 19.2. The summed E-state index contributed by atoms with van der Waals surface area (Å²) < 4.78 is 22.1. The molecule has 8 unspecified atom stereocenters. The minimum Gasteiger partial charge on any atom is -0.505 e. The number of ether oxygens (including phenoxy) is 4. The van der Waals surface area contributed by atoms with Crippen molar-refractivity contribution in [3.8, 4) is 0 Å². The molecule has 8 atom stereocenters. The number of aliphatic hydroxyl groups excluding tert-OH is 2. The number of ketones is 2. The first-order valence-corrected chi connectivity index (χ1v) is 22.1. The summed E-state index contributed by atoms with van der Waals surface area (Å²) in [6.07, 6.45) is 20.6. The van der Waals surface area contributed by atoms with E-state index in [-0.39, 0.29) is 66.0 Å². The summed E-state index contributed by atoms with van der Waals surface area (Å²) in [5.41, 5.74) is 6.64. The standard InChI is InChI=1S/C27H40O6.C22H34O3.C2H6.CH4/c1-16(10-9-11-17(2)14-22-15-18(3)20(5)32-22)12-13-23-19(4)24(29)26(30-7)27(31-8)25(23)33-21(6)28;1-15(2)8-6-9-16(3)10-7-11-17(4)12-13-19-18(5)22(25)21(24)14-20(19)23;1-2;/h11-12,18-19,22-23,25H,5,9-10,13-15H2,1-4,6-8H3;8,10,12,14,18-20,23-24H,6-7,9,11,13H2,1-5H3;1-2H3;1H4/b16-12+,17-11+;16-10+,17-12+;;. The lowest BCUT2D eigenvalue weighted by Gasteiger charge is -2.35. The average Bonchev–Trinajstić information content (AvgIpc) is 3.50. The predicted molar refractivity (Wildman–Crippen MR) is 251 cm³/mol. The van der Waals surface area contributed by atoms with Gasteiger partial charge in [-0.25, -0.2) is 0 Å². The van der Waals surface area contributed by atoms with E-state index in [4.69, 9.17) is 18.9 Å². The number of Topliss-reactive ketones (excluding diaryl/α,β-unsaturated/α-hetero) is 2. The van der Waals surface area contributed by atoms with Gasteiger partial charge in [-0.1, -0.05) is 107 Å². The van der Waals surface area contributed by atoms with Crippen LogP contribution in [0.2, 0.25) is 0 Å². The fourth-order valence-electron chi connectivity index (χ4n) is 7.73. The van der Waals surface area contributed by atoms with Crippen LogP contribution in [0.15, 0.2) is 93.9 Å². The number of hydrogen-bond acceptors (Lipinski definition) is 9. The Hall–Kier alpha value is -4.11. The molecule has 0 spiro atoms. The van der Waals surface area contributed by atoms with Crippen LogP contribution in [0.4, 0.5) is 0 Å². The summed E-state index contributed by atoms with van der Waals surface area (Å²) in [5, 5.41) is 19.6. The zero-order chi connectivity index (χ0) is 45.7. The molecule has 0 aromatic carbocycles. The van der Waals surface area contributed by atoms with E-state index < -0.39 is 18.2 Å². The molecular formula is C52H84O9. The fraction of sp³-hybridized carbons (Fsp3) is 0.635. The molecule has 61 heavy (non-hydrogen) atoms. The average molecular weight is 853 g/mol. The lowest BCUT2D eigenvalue weighted by molar-refractivity contribution is -0.153. The topological polar surface area (TPSA) is 129 Å². The van der Waals surface area contributed by atoms with Crippen LogP contribution in [0.25, 0.3) is 0 Å². The van der Waals surface area contributed by atoms with Crippen molar-refractivity contribution in [2.24, 2.45) is 29.6 Å². The quantitative estimate of drug-likeness (QED) is 0.102. The van der Waals surface area contributed by atoms with Crippen molar-refractivity contribution >= 4 is 17.5 Å². The van der Waals surface area contributed by atoms with E-state index in [0.29, 0.717) is 18.8 Å². The molecule has 0 amide bonds. The third-order valence-electron chi connectivity index (χ3n) is 11.6. The summed E-state index contributed by atoms with van der Waals surface area (Å²) in [6, 6.07) is 0. The molecule has 0 aromatic rings. The Morgan fingerprint density at radius 2 is 1.26 bits per heavy atom. The number of rotatable bonds is 18. The Kier molecular flexibility index (Phi) is 27.3. The smallest absolute Gasteiger partial charge is 0.303 e. The van der Waals surface area contributed by atoms with Gasteiger partial charge in [-0.15, -0.1) is 0 Å². The van der Waals surface area contributed by atoms with Crippen molar-refractivity contribution in [3.63, 3.8) is 0 Å². The van der Waals surface area contributed by atoms with Gasteiger partial charge in [0.1, 0.15) is 6.10 Å². The first-order valence-electron chi connectivity index (χ1n) is 22.1. The zero-order valence-corrected chi connectivity index (χ0v) is 39.6. The predicted octanol–water partition coefficient (Wildman–Crippen LogP) is 12.7.